The molecule has 1 amide bonds. The molecular formula is C18H23ClN2O2. The molecule has 1 saturated carbocycles. The largest absolute Gasteiger partial charge is 0.484 e. The third kappa shape index (κ3) is 4.15. The van der Waals surface area contributed by atoms with Crippen molar-refractivity contribution in [2.45, 2.75) is 25.3 Å². The zero-order valence-corrected chi connectivity index (χ0v) is 14.1. The van der Waals surface area contributed by atoms with Crippen LogP contribution < -0.4 is 15.8 Å². The third-order valence-electron chi connectivity index (χ3n) is 4.42. The second-order valence-corrected chi connectivity index (χ2v) is 6.24. The average molecular weight is 335 g/mol. The molecule has 0 saturated heterocycles. The van der Waals surface area contributed by atoms with E-state index in [9.17, 15) is 4.79 Å². The highest BCUT2D eigenvalue weighted by molar-refractivity contribution is 5.85. The molecule has 1 unspecified atom stereocenters. The first kappa shape index (κ1) is 17.6. The number of carbonyl (C=O) groups is 1. The van der Waals surface area contributed by atoms with Gasteiger partial charge in [-0.2, -0.15) is 0 Å². The van der Waals surface area contributed by atoms with Crippen LogP contribution in [0.3, 0.4) is 0 Å². The molecule has 1 aliphatic rings. The summed E-state index contributed by atoms with van der Waals surface area (Å²) >= 11 is 0. The van der Waals surface area contributed by atoms with Gasteiger partial charge in [0, 0.05) is 6.54 Å². The summed E-state index contributed by atoms with van der Waals surface area (Å²) in [6, 6.07) is 13.9. The van der Waals surface area contributed by atoms with Crippen molar-refractivity contribution in [3.05, 3.63) is 42.5 Å². The number of fused-ring (bicyclic) bond motifs is 1. The number of benzene rings is 2. The first-order valence-corrected chi connectivity index (χ1v) is 7.73. The molecule has 23 heavy (non-hydrogen) atoms. The smallest absolute Gasteiger partial charge is 0.258 e. The maximum Gasteiger partial charge on any atom is 0.258 e. The van der Waals surface area contributed by atoms with Crippen LogP contribution >= 0.6 is 12.4 Å². The lowest BCUT2D eigenvalue weighted by Gasteiger charge is -2.29. The molecule has 0 bridgehead atoms. The summed E-state index contributed by atoms with van der Waals surface area (Å²) in [6.07, 6.45) is 2.28. The number of hydrogen-bond acceptors (Lipinski definition) is 3. The Hall–Kier alpha value is -1.78. The minimum atomic E-state index is -0.302. The number of ether oxygens (including phenoxy) is 1. The SMILES string of the molecule is CC(CN)(NC(=O)COc1ccc2ccccc2c1)C1CC1.Cl. The van der Waals surface area contributed by atoms with Gasteiger partial charge in [0.05, 0.1) is 5.54 Å². The van der Waals surface area contributed by atoms with Gasteiger partial charge in [0.15, 0.2) is 6.61 Å². The van der Waals surface area contributed by atoms with E-state index in [1.165, 1.54) is 0 Å². The molecule has 0 aromatic heterocycles. The molecule has 4 nitrogen and oxygen atoms in total. The second kappa shape index (κ2) is 7.20. The van der Waals surface area contributed by atoms with Gasteiger partial charge < -0.3 is 15.8 Å². The van der Waals surface area contributed by atoms with Gasteiger partial charge in [-0.3, -0.25) is 4.79 Å². The summed E-state index contributed by atoms with van der Waals surface area (Å²) in [7, 11) is 0. The fraction of sp³-hybridized carbons (Fsp3) is 0.389. The monoisotopic (exact) mass is 334 g/mol. The van der Waals surface area contributed by atoms with Gasteiger partial charge in [0.1, 0.15) is 5.75 Å². The highest BCUT2D eigenvalue weighted by Gasteiger charge is 2.41. The van der Waals surface area contributed by atoms with Crippen LogP contribution in [-0.2, 0) is 4.79 Å². The van der Waals surface area contributed by atoms with E-state index in [0.29, 0.717) is 18.2 Å². The summed E-state index contributed by atoms with van der Waals surface area (Å²) in [6.45, 7) is 2.48. The molecule has 2 aromatic rings. The summed E-state index contributed by atoms with van der Waals surface area (Å²) in [5, 5.41) is 5.28. The fourth-order valence-electron chi connectivity index (χ4n) is 2.80. The van der Waals surface area contributed by atoms with Gasteiger partial charge in [-0.15, -0.1) is 12.4 Å². The van der Waals surface area contributed by atoms with Gasteiger partial charge in [-0.1, -0.05) is 30.3 Å². The van der Waals surface area contributed by atoms with E-state index in [1.807, 2.05) is 49.4 Å². The second-order valence-electron chi connectivity index (χ2n) is 6.24. The maximum absolute atomic E-state index is 12.1. The Morgan fingerprint density at radius 3 is 2.61 bits per heavy atom. The summed E-state index contributed by atoms with van der Waals surface area (Å²) in [5.74, 6) is 1.09. The topological polar surface area (TPSA) is 64.3 Å². The van der Waals surface area contributed by atoms with Crippen molar-refractivity contribution in [1.82, 2.24) is 5.32 Å². The predicted molar refractivity (Wildman–Crippen MR) is 95.0 cm³/mol. The average Bonchev–Trinajstić information content (AvgIpc) is 3.38. The molecule has 1 atom stereocenters. The highest BCUT2D eigenvalue weighted by atomic mass is 35.5. The number of halogens is 1. The van der Waals surface area contributed by atoms with E-state index >= 15 is 0 Å². The Morgan fingerprint density at radius 2 is 1.96 bits per heavy atom. The molecule has 0 spiro atoms. The lowest BCUT2D eigenvalue weighted by molar-refractivity contribution is -0.125. The van der Waals surface area contributed by atoms with Gasteiger partial charge in [-0.05, 0) is 48.6 Å². The van der Waals surface area contributed by atoms with E-state index in [4.69, 9.17) is 10.5 Å². The van der Waals surface area contributed by atoms with Gasteiger partial charge in [0.2, 0.25) is 0 Å². The Morgan fingerprint density at radius 1 is 1.26 bits per heavy atom. The standard InChI is InChI=1S/C18H22N2O2.ClH/c1-18(12-19,15-7-8-15)20-17(21)11-22-16-9-6-13-4-2-3-5-14(13)10-16;/h2-6,9-10,15H,7-8,11-12,19H2,1H3,(H,20,21);1H. The molecule has 0 radical (unpaired) electrons. The van der Waals surface area contributed by atoms with E-state index < -0.39 is 0 Å². The van der Waals surface area contributed by atoms with Gasteiger partial charge >= 0.3 is 0 Å². The molecule has 5 heteroatoms. The number of nitrogens with one attached hydrogen (secondary N) is 1. The van der Waals surface area contributed by atoms with Gasteiger partial charge in [-0.25, -0.2) is 0 Å². The maximum atomic E-state index is 12.1. The quantitative estimate of drug-likeness (QED) is 0.853. The molecule has 1 fully saturated rings. The Labute approximate surface area is 142 Å². The van der Waals surface area contributed by atoms with Crippen molar-refractivity contribution in [1.29, 1.82) is 0 Å². The summed E-state index contributed by atoms with van der Waals surface area (Å²) in [5.41, 5.74) is 5.51. The molecule has 0 heterocycles. The number of rotatable bonds is 6. The van der Waals surface area contributed by atoms with E-state index in [-0.39, 0.29) is 30.5 Å². The number of carbonyl (C=O) groups excluding carboxylic acids is 1. The van der Waals surface area contributed by atoms with Crippen LogP contribution in [0.25, 0.3) is 10.8 Å². The Bertz CT molecular complexity index is 688. The van der Waals surface area contributed by atoms with E-state index in [2.05, 4.69) is 5.32 Å². The fourth-order valence-corrected chi connectivity index (χ4v) is 2.80. The summed E-state index contributed by atoms with van der Waals surface area (Å²) in [4.78, 5) is 12.1. The highest BCUT2D eigenvalue weighted by Crippen LogP contribution is 2.38. The van der Waals surface area contributed by atoms with E-state index in [1.54, 1.807) is 0 Å². The number of nitrogens with two attached hydrogens (primary N) is 1. The minimum absolute atomic E-state index is 0. The van der Waals surface area contributed by atoms with Crippen LogP contribution in [0.1, 0.15) is 19.8 Å². The molecule has 1 aliphatic carbocycles. The molecule has 3 rings (SSSR count). The first-order valence-electron chi connectivity index (χ1n) is 7.73. The van der Waals surface area contributed by atoms with Crippen molar-refractivity contribution in [2.75, 3.05) is 13.2 Å². The Balaban J connectivity index is 0.00000192. The van der Waals surface area contributed by atoms with Crippen molar-refractivity contribution in [3.8, 4) is 5.75 Å². The molecule has 124 valence electrons. The lowest BCUT2D eigenvalue weighted by Crippen LogP contribution is -2.54. The van der Waals surface area contributed by atoms with Crippen LogP contribution in [0.4, 0.5) is 0 Å². The molecular weight excluding hydrogens is 312 g/mol. The zero-order chi connectivity index (χ0) is 15.6. The van der Waals surface area contributed by atoms with Crippen LogP contribution in [0.15, 0.2) is 42.5 Å². The third-order valence-corrected chi connectivity index (χ3v) is 4.42. The normalized spacial score (nSPS) is 16.3. The van der Waals surface area contributed by atoms with E-state index in [0.717, 1.165) is 23.6 Å². The molecule has 0 aliphatic heterocycles. The minimum Gasteiger partial charge on any atom is -0.484 e. The van der Waals surface area contributed by atoms with Crippen LogP contribution in [-0.4, -0.2) is 24.6 Å². The first-order chi connectivity index (χ1) is 10.6. The van der Waals surface area contributed by atoms with Gasteiger partial charge in [0.25, 0.3) is 5.91 Å². The molecule has 2 aromatic carbocycles. The van der Waals surface area contributed by atoms with Crippen molar-refractivity contribution >= 4 is 29.1 Å². The number of amides is 1. The number of hydrogen-bond donors (Lipinski definition) is 2. The van der Waals surface area contributed by atoms with Crippen molar-refractivity contribution in [2.24, 2.45) is 11.7 Å². The predicted octanol–water partition coefficient (Wildman–Crippen LogP) is 2.88. The lowest BCUT2D eigenvalue weighted by atomic mass is 9.96. The van der Waals surface area contributed by atoms with Crippen LogP contribution in [0.5, 0.6) is 5.75 Å². The van der Waals surface area contributed by atoms with Crippen LogP contribution in [0, 0.1) is 5.92 Å². The van der Waals surface area contributed by atoms with Crippen LogP contribution in [0.2, 0.25) is 0 Å². The summed E-state index contributed by atoms with van der Waals surface area (Å²) < 4.78 is 5.61. The Kier molecular flexibility index (Phi) is 5.50. The van der Waals surface area contributed by atoms with Crippen molar-refractivity contribution < 1.29 is 9.53 Å². The van der Waals surface area contributed by atoms with Crippen molar-refractivity contribution in [3.63, 3.8) is 0 Å². The molecule has 3 N–H and O–H groups in total. The zero-order valence-electron chi connectivity index (χ0n) is 13.2.